The Balaban J connectivity index is 1.90. The summed E-state index contributed by atoms with van der Waals surface area (Å²) in [6.45, 7) is 6.37. The van der Waals surface area contributed by atoms with Crippen molar-refractivity contribution in [3.05, 3.63) is 30.4 Å². The number of aromatic nitrogens is 3. The number of furan rings is 1. The Labute approximate surface area is 197 Å². The summed E-state index contributed by atoms with van der Waals surface area (Å²) < 4.78 is 24.1. The van der Waals surface area contributed by atoms with E-state index in [1.165, 1.54) is 4.90 Å². The van der Waals surface area contributed by atoms with Gasteiger partial charge in [0.15, 0.2) is 0 Å². The van der Waals surface area contributed by atoms with Gasteiger partial charge in [-0.2, -0.15) is 5.10 Å². The van der Waals surface area contributed by atoms with Crippen LogP contribution in [0.1, 0.15) is 50.6 Å². The van der Waals surface area contributed by atoms with Crippen LogP contribution in [0.15, 0.2) is 29.1 Å². The molecule has 0 spiro atoms. The average Bonchev–Trinajstić information content (AvgIpc) is 3.43. The fourth-order valence-electron chi connectivity index (χ4n) is 4.27. The standard InChI is InChI=1S/C24H30N4O6/c1-5-18-11-17(8-9-33-18)28(24(30)32-7-3)20-19-10-15(16-13-26-27(4)14-16)12-25-22(19)34-21(20)23(29)31-6-2/h10,12-14,17-18H,5-9,11H2,1-4H3. The number of pyridine rings is 1. The van der Waals surface area contributed by atoms with E-state index in [2.05, 4.69) is 10.1 Å². The Morgan fingerprint density at radius 2 is 1.97 bits per heavy atom. The first-order valence-corrected chi connectivity index (χ1v) is 11.6. The first kappa shape index (κ1) is 23.7. The van der Waals surface area contributed by atoms with E-state index in [0.29, 0.717) is 30.5 Å². The van der Waals surface area contributed by atoms with Crippen molar-refractivity contribution < 1.29 is 28.2 Å². The summed E-state index contributed by atoms with van der Waals surface area (Å²) in [4.78, 5) is 32.2. The van der Waals surface area contributed by atoms with Gasteiger partial charge in [0.25, 0.3) is 0 Å². The molecule has 1 fully saturated rings. The van der Waals surface area contributed by atoms with Gasteiger partial charge in [-0.15, -0.1) is 0 Å². The van der Waals surface area contributed by atoms with E-state index in [-0.39, 0.29) is 36.8 Å². The molecule has 3 aromatic rings. The molecule has 10 nitrogen and oxygen atoms in total. The SMILES string of the molecule is CCOC(=O)c1oc2ncc(-c3cnn(C)c3)cc2c1N(C(=O)OCC)C1CCOC(CC)C1. The molecule has 1 saturated heterocycles. The molecular formula is C24H30N4O6. The summed E-state index contributed by atoms with van der Waals surface area (Å²) in [6.07, 6.45) is 6.72. The van der Waals surface area contributed by atoms with Crippen molar-refractivity contribution in [2.75, 3.05) is 24.7 Å². The van der Waals surface area contributed by atoms with Crippen LogP contribution >= 0.6 is 0 Å². The highest BCUT2D eigenvalue weighted by molar-refractivity contribution is 6.09. The fraction of sp³-hybridized carbons (Fsp3) is 0.500. The molecule has 2 atom stereocenters. The largest absolute Gasteiger partial charge is 0.460 e. The van der Waals surface area contributed by atoms with Crippen molar-refractivity contribution in [3.63, 3.8) is 0 Å². The van der Waals surface area contributed by atoms with E-state index >= 15 is 0 Å². The summed E-state index contributed by atoms with van der Waals surface area (Å²) in [6, 6.07) is 1.61. The van der Waals surface area contributed by atoms with Crippen LogP contribution in [0.5, 0.6) is 0 Å². The van der Waals surface area contributed by atoms with Gasteiger partial charge in [-0.3, -0.25) is 9.58 Å². The number of carbonyl (C=O) groups is 2. The topological polar surface area (TPSA) is 109 Å². The number of ether oxygens (including phenoxy) is 3. The number of fused-ring (bicyclic) bond motifs is 1. The second-order valence-electron chi connectivity index (χ2n) is 8.13. The number of carbonyl (C=O) groups excluding carboxylic acids is 2. The zero-order valence-corrected chi connectivity index (χ0v) is 19.9. The summed E-state index contributed by atoms with van der Waals surface area (Å²) >= 11 is 0. The van der Waals surface area contributed by atoms with Crippen molar-refractivity contribution in [1.82, 2.24) is 14.8 Å². The van der Waals surface area contributed by atoms with Crippen LogP contribution in [0.25, 0.3) is 22.2 Å². The Morgan fingerprint density at radius 1 is 1.18 bits per heavy atom. The lowest BCUT2D eigenvalue weighted by Gasteiger charge is -2.36. The molecule has 182 valence electrons. The number of hydrogen-bond donors (Lipinski definition) is 0. The van der Waals surface area contributed by atoms with Gasteiger partial charge >= 0.3 is 12.1 Å². The van der Waals surface area contributed by atoms with Gasteiger partial charge in [0.1, 0.15) is 5.69 Å². The highest BCUT2D eigenvalue weighted by Crippen LogP contribution is 2.39. The van der Waals surface area contributed by atoms with E-state index in [4.69, 9.17) is 18.6 Å². The molecule has 4 heterocycles. The molecule has 0 aromatic carbocycles. The molecule has 10 heteroatoms. The highest BCUT2D eigenvalue weighted by atomic mass is 16.6. The molecular weight excluding hydrogens is 440 g/mol. The number of rotatable bonds is 7. The Hall–Kier alpha value is -3.40. The second-order valence-corrected chi connectivity index (χ2v) is 8.13. The van der Waals surface area contributed by atoms with Crippen LogP contribution in [-0.2, 0) is 21.3 Å². The lowest BCUT2D eigenvalue weighted by Crippen LogP contribution is -2.46. The minimum atomic E-state index is -0.660. The van der Waals surface area contributed by atoms with E-state index in [0.717, 1.165) is 17.5 Å². The monoisotopic (exact) mass is 470 g/mol. The number of amides is 1. The predicted molar refractivity (Wildman–Crippen MR) is 125 cm³/mol. The van der Waals surface area contributed by atoms with Crippen molar-refractivity contribution >= 4 is 28.8 Å². The molecule has 3 aromatic heterocycles. The number of anilines is 1. The van der Waals surface area contributed by atoms with Crippen molar-refractivity contribution in [3.8, 4) is 11.1 Å². The fourth-order valence-corrected chi connectivity index (χ4v) is 4.27. The summed E-state index contributed by atoms with van der Waals surface area (Å²) in [5, 5.41) is 4.75. The quantitative estimate of drug-likeness (QED) is 0.470. The molecule has 2 unspecified atom stereocenters. The third-order valence-corrected chi connectivity index (χ3v) is 5.88. The van der Waals surface area contributed by atoms with Gasteiger partial charge < -0.3 is 18.6 Å². The Morgan fingerprint density at radius 3 is 2.65 bits per heavy atom. The van der Waals surface area contributed by atoms with E-state index in [1.54, 1.807) is 30.9 Å². The molecule has 0 saturated carbocycles. The lowest BCUT2D eigenvalue weighted by atomic mass is 9.99. The van der Waals surface area contributed by atoms with Gasteiger partial charge in [-0.25, -0.2) is 14.6 Å². The Bertz CT molecular complexity index is 1170. The third-order valence-electron chi connectivity index (χ3n) is 5.88. The normalized spacial score (nSPS) is 18.1. The van der Waals surface area contributed by atoms with Gasteiger partial charge in [-0.05, 0) is 39.2 Å². The maximum atomic E-state index is 13.3. The summed E-state index contributed by atoms with van der Waals surface area (Å²) in [5.74, 6) is -0.730. The number of hydrogen-bond acceptors (Lipinski definition) is 8. The number of aryl methyl sites for hydroxylation is 1. The summed E-state index contributed by atoms with van der Waals surface area (Å²) in [5.41, 5.74) is 2.17. The van der Waals surface area contributed by atoms with Crippen molar-refractivity contribution in [2.45, 2.75) is 52.2 Å². The molecule has 4 rings (SSSR count). The lowest BCUT2D eigenvalue weighted by molar-refractivity contribution is 0.00465. The van der Waals surface area contributed by atoms with Gasteiger partial charge in [0, 0.05) is 43.2 Å². The van der Waals surface area contributed by atoms with Crippen LogP contribution in [-0.4, -0.2) is 58.8 Å². The van der Waals surface area contributed by atoms with Gasteiger partial charge in [0.05, 0.1) is 30.9 Å². The van der Waals surface area contributed by atoms with E-state index in [1.807, 2.05) is 26.2 Å². The van der Waals surface area contributed by atoms with Gasteiger partial charge in [0.2, 0.25) is 11.5 Å². The third kappa shape index (κ3) is 4.63. The smallest absolute Gasteiger partial charge is 0.414 e. The van der Waals surface area contributed by atoms with Crippen LogP contribution in [0.2, 0.25) is 0 Å². The van der Waals surface area contributed by atoms with E-state index < -0.39 is 12.1 Å². The minimum Gasteiger partial charge on any atom is -0.460 e. The van der Waals surface area contributed by atoms with Crippen LogP contribution in [0, 0.1) is 0 Å². The predicted octanol–water partition coefficient (Wildman–Crippen LogP) is 4.33. The molecule has 0 N–H and O–H groups in total. The number of nitrogens with zero attached hydrogens (tertiary/aromatic N) is 4. The molecule has 1 aliphatic heterocycles. The zero-order chi connectivity index (χ0) is 24.2. The van der Waals surface area contributed by atoms with Crippen molar-refractivity contribution in [1.29, 1.82) is 0 Å². The maximum absolute atomic E-state index is 13.3. The molecule has 1 aliphatic rings. The van der Waals surface area contributed by atoms with Crippen LogP contribution in [0.4, 0.5) is 10.5 Å². The molecule has 34 heavy (non-hydrogen) atoms. The van der Waals surface area contributed by atoms with Crippen LogP contribution < -0.4 is 4.90 Å². The zero-order valence-electron chi connectivity index (χ0n) is 19.9. The average molecular weight is 471 g/mol. The molecule has 0 aliphatic carbocycles. The second kappa shape index (κ2) is 10.3. The highest BCUT2D eigenvalue weighted by Gasteiger charge is 2.38. The van der Waals surface area contributed by atoms with E-state index in [9.17, 15) is 9.59 Å². The molecule has 1 amide bonds. The maximum Gasteiger partial charge on any atom is 0.414 e. The molecule has 0 bridgehead atoms. The van der Waals surface area contributed by atoms with Crippen LogP contribution in [0.3, 0.4) is 0 Å². The van der Waals surface area contributed by atoms with Crippen molar-refractivity contribution in [2.24, 2.45) is 7.05 Å². The number of esters is 1. The first-order valence-electron chi connectivity index (χ1n) is 11.6. The first-order chi connectivity index (χ1) is 16.5. The summed E-state index contributed by atoms with van der Waals surface area (Å²) in [7, 11) is 1.83. The Kier molecular flexibility index (Phi) is 7.16. The molecule has 0 radical (unpaired) electrons. The minimum absolute atomic E-state index is 0.00367. The van der Waals surface area contributed by atoms with Gasteiger partial charge in [-0.1, -0.05) is 6.92 Å².